The molecule has 1 fully saturated rings. The molecule has 1 aliphatic heterocycles. The lowest BCUT2D eigenvalue weighted by Crippen LogP contribution is -2.40. The van der Waals surface area contributed by atoms with Gasteiger partial charge in [-0.2, -0.15) is 0 Å². The molecule has 0 bridgehead atoms. The summed E-state index contributed by atoms with van der Waals surface area (Å²) in [6, 6.07) is 7.85. The Kier molecular flexibility index (Phi) is 7.09. The molecular weight excluding hydrogens is 306 g/mol. The average molecular weight is 333 g/mol. The number of hydrogen-bond acceptors (Lipinski definition) is 4. The van der Waals surface area contributed by atoms with Crippen LogP contribution in [0.3, 0.4) is 0 Å². The topological polar surface area (TPSA) is 55.8 Å². The largest absolute Gasteiger partial charge is 0.494 e. The van der Waals surface area contributed by atoms with Gasteiger partial charge in [-0.3, -0.25) is 9.59 Å². The maximum absolute atomic E-state index is 12.4. The maximum Gasteiger partial charge on any atom is 0.309 e. The molecule has 0 N–H and O–H groups in total. The van der Waals surface area contributed by atoms with Crippen LogP contribution < -0.4 is 4.74 Å². The van der Waals surface area contributed by atoms with Gasteiger partial charge >= 0.3 is 5.97 Å². The van der Waals surface area contributed by atoms with Crippen LogP contribution in [0.4, 0.5) is 0 Å². The van der Waals surface area contributed by atoms with Crippen LogP contribution in [-0.2, 0) is 20.7 Å². The molecule has 1 aromatic carbocycles. The van der Waals surface area contributed by atoms with E-state index >= 15 is 0 Å². The van der Waals surface area contributed by atoms with Gasteiger partial charge in [0, 0.05) is 19.5 Å². The minimum absolute atomic E-state index is 0.0623. The number of rotatable bonds is 7. The van der Waals surface area contributed by atoms with Crippen LogP contribution >= 0.6 is 0 Å². The van der Waals surface area contributed by atoms with E-state index in [1.54, 1.807) is 0 Å². The Hall–Kier alpha value is -2.04. The molecule has 0 saturated carbocycles. The van der Waals surface area contributed by atoms with Crippen molar-refractivity contribution in [3.05, 3.63) is 29.8 Å². The highest BCUT2D eigenvalue weighted by Crippen LogP contribution is 2.22. The lowest BCUT2D eigenvalue weighted by atomic mass is 9.96. The second-order valence-corrected chi connectivity index (χ2v) is 5.95. The van der Waals surface area contributed by atoms with Gasteiger partial charge in [0.05, 0.1) is 19.1 Å². The molecular formula is C19H27NO4. The first-order chi connectivity index (χ1) is 11.7. The molecule has 0 aromatic heterocycles. The van der Waals surface area contributed by atoms with E-state index in [1.807, 2.05) is 43.0 Å². The van der Waals surface area contributed by atoms with Crippen molar-refractivity contribution in [2.24, 2.45) is 5.92 Å². The zero-order valence-corrected chi connectivity index (χ0v) is 14.6. The normalized spacial score (nSPS) is 15.2. The minimum Gasteiger partial charge on any atom is -0.494 e. The second-order valence-electron chi connectivity index (χ2n) is 5.95. The molecule has 5 nitrogen and oxygen atoms in total. The number of carbonyl (C=O) groups excluding carboxylic acids is 2. The Labute approximate surface area is 143 Å². The van der Waals surface area contributed by atoms with Crippen LogP contribution in [-0.4, -0.2) is 43.1 Å². The van der Waals surface area contributed by atoms with Crippen molar-refractivity contribution < 1.29 is 19.1 Å². The van der Waals surface area contributed by atoms with E-state index in [0.29, 0.717) is 52.0 Å². The zero-order valence-electron chi connectivity index (χ0n) is 14.6. The van der Waals surface area contributed by atoms with Crippen molar-refractivity contribution >= 4 is 11.9 Å². The Balaban J connectivity index is 1.81. The van der Waals surface area contributed by atoms with Crippen LogP contribution in [0.25, 0.3) is 0 Å². The summed E-state index contributed by atoms with van der Waals surface area (Å²) in [4.78, 5) is 26.0. The predicted molar refractivity (Wildman–Crippen MR) is 91.9 cm³/mol. The Morgan fingerprint density at radius 2 is 1.83 bits per heavy atom. The van der Waals surface area contributed by atoms with E-state index in [-0.39, 0.29) is 17.8 Å². The second kappa shape index (κ2) is 9.30. The van der Waals surface area contributed by atoms with Gasteiger partial charge in [-0.1, -0.05) is 18.2 Å². The van der Waals surface area contributed by atoms with Gasteiger partial charge in [0.25, 0.3) is 0 Å². The van der Waals surface area contributed by atoms with E-state index in [9.17, 15) is 9.59 Å². The highest BCUT2D eigenvalue weighted by molar-refractivity contribution is 5.77. The number of piperidine rings is 1. The van der Waals surface area contributed by atoms with E-state index in [4.69, 9.17) is 9.47 Å². The van der Waals surface area contributed by atoms with E-state index in [2.05, 4.69) is 0 Å². The number of benzene rings is 1. The lowest BCUT2D eigenvalue weighted by molar-refractivity contribution is -0.151. The first kappa shape index (κ1) is 18.3. The molecule has 1 aliphatic rings. The number of amides is 1. The van der Waals surface area contributed by atoms with Crippen molar-refractivity contribution in [2.75, 3.05) is 26.3 Å². The van der Waals surface area contributed by atoms with E-state index in [1.165, 1.54) is 0 Å². The summed E-state index contributed by atoms with van der Waals surface area (Å²) in [5.74, 6) is 0.806. The first-order valence-corrected chi connectivity index (χ1v) is 8.80. The summed E-state index contributed by atoms with van der Waals surface area (Å²) in [6.07, 6.45) is 2.53. The van der Waals surface area contributed by atoms with Gasteiger partial charge in [0.2, 0.25) is 5.91 Å². The van der Waals surface area contributed by atoms with Crippen molar-refractivity contribution in [1.82, 2.24) is 4.90 Å². The van der Waals surface area contributed by atoms with E-state index in [0.717, 1.165) is 11.3 Å². The number of likely N-dealkylation sites (tertiary alicyclic amines) is 1. The van der Waals surface area contributed by atoms with Gasteiger partial charge in [-0.15, -0.1) is 0 Å². The number of ether oxygens (including phenoxy) is 2. The zero-order chi connectivity index (χ0) is 17.4. The highest BCUT2D eigenvalue weighted by Gasteiger charge is 2.27. The number of aryl methyl sites for hydroxylation is 1. The van der Waals surface area contributed by atoms with E-state index < -0.39 is 0 Å². The predicted octanol–water partition coefficient (Wildman–Crippen LogP) is 2.82. The van der Waals surface area contributed by atoms with Crippen LogP contribution in [0.2, 0.25) is 0 Å². The van der Waals surface area contributed by atoms with Crippen molar-refractivity contribution in [1.29, 1.82) is 0 Å². The van der Waals surface area contributed by atoms with Crippen LogP contribution in [0.15, 0.2) is 24.3 Å². The molecule has 24 heavy (non-hydrogen) atoms. The highest BCUT2D eigenvalue weighted by atomic mass is 16.5. The standard InChI is InChI=1S/C19H27NO4/c1-3-23-17-8-6-5-7-15(17)9-10-18(21)20-13-11-16(12-14-20)19(22)24-4-2/h5-8,16H,3-4,9-14H2,1-2H3. The fourth-order valence-electron chi connectivity index (χ4n) is 3.03. The Morgan fingerprint density at radius 3 is 2.50 bits per heavy atom. The van der Waals surface area contributed by atoms with Gasteiger partial charge in [-0.25, -0.2) is 0 Å². The van der Waals surface area contributed by atoms with Crippen molar-refractivity contribution in [3.8, 4) is 5.75 Å². The Bertz CT molecular complexity index is 550. The molecule has 0 atom stereocenters. The summed E-state index contributed by atoms with van der Waals surface area (Å²) >= 11 is 0. The molecule has 1 saturated heterocycles. The monoisotopic (exact) mass is 333 g/mol. The third-order valence-corrected chi connectivity index (χ3v) is 4.35. The summed E-state index contributed by atoms with van der Waals surface area (Å²) in [5, 5.41) is 0. The fourth-order valence-corrected chi connectivity index (χ4v) is 3.03. The molecule has 0 aliphatic carbocycles. The number of carbonyl (C=O) groups is 2. The SMILES string of the molecule is CCOC(=O)C1CCN(C(=O)CCc2ccccc2OCC)CC1. The van der Waals surface area contributed by atoms with Crippen molar-refractivity contribution in [3.63, 3.8) is 0 Å². The van der Waals surface area contributed by atoms with Crippen LogP contribution in [0.5, 0.6) is 5.75 Å². The molecule has 5 heteroatoms. The molecule has 0 radical (unpaired) electrons. The number of hydrogen-bond donors (Lipinski definition) is 0. The smallest absolute Gasteiger partial charge is 0.309 e. The van der Waals surface area contributed by atoms with Gasteiger partial charge in [-0.05, 0) is 44.7 Å². The molecule has 0 unspecified atom stereocenters. The molecule has 132 valence electrons. The first-order valence-electron chi connectivity index (χ1n) is 8.80. The number of nitrogens with zero attached hydrogens (tertiary/aromatic N) is 1. The maximum atomic E-state index is 12.4. The van der Waals surface area contributed by atoms with Gasteiger partial charge in [0.15, 0.2) is 0 Å². The third kappa shape index (κ3) is 4.98. The summed E-state index contributed by atoms with van der Waals surface area (Å²) < 4.78 is 10.7. The van der Waals surface area contributed by atoms with Gasteiger partial charge < -0.3 is 14.4 Å². The molecule has 1 aromatic rings. The molecule has 2 rings (SSSR count). The van der Waals surface area contributed by atoms with Gasteiger partial charge in [0.1, 0.15) is 5.75 Å². The average Bonchev–Trinajstić information content (AvgIpc) is 2.61. The summed E-state index contributed by atoms with van der Waals surface area (Å²) in [5.41, 5.74) is 1.06. The van der Waals surface area contributed by atoms with Crippen LogP contribution in [0.1, 0.15) is 38.7 Å². The fraction of sp³-hybridized carbons (Fsp3) is 0.579. The number of para-hydroxylation sites is 1. The molecule has 1 heterocycles. The summed E-state index contributed by atoms with van der Waals surface area (Å²) in [7, 11) is 0. The van der Waals surface area contributed by atoms with Crippen molar-refractivity contribution in [2.45, 2.75) is 39.5 Å². The molecule has 1 amide bonds. The number of esters is 1. The third-order valence-electron chi connectivity index (χ3n) is 4.35. The molecule has 0 spiro atoms. The quantitative estimate of drug-likeness (QED) is 0.720. The minimum atomic E-state index is -0.129. The summed E-state index contributed by atoms with van der Waals surface area (Å²) in [6.45, 7) is 6.07. The lowest BCUT2D eigenvalue weighted by Gasteiger charge is -2.31. The van der Waals surface area contributed by atoms with Crippen LogP contribution in [0, 0.1) is 5.92 Å². The Morgan fingerprint density at radius 1 is 1.12 bits per heavy atom.